The fourth-order valence-corrected chi connectivity index (χ4v) is 3.11. The van der Waals surface area contributed by atoms with E-state index in [1.54, 1.807) is 0 Å². The summed E-state index contributed by atoms with van der Waals surface area (Å²) in [6, 6.07) is 20.1. The fraction of sp³-hybridized carbons (Fsp3) is 0.0588. The summed E-state index contributed by atoms with van der Waals surface area (Å²) in [5, 5.41) is 3.06. The number of nitrogens with two attached hydrogens (primary N) is 1. The van der Waals surface area contributed by atoms with Crippen molar-refractivity contribution in [2.24, 2.45) is 5.84 Å². The molecule has 4 heteroatoms. The molecule has 0 amide bonds. The van der Waals surface area contributed by atoms with Gasteiger partial charge in [-0.1, -0.05) is 63.9 Å². The van der Waals surface area contributed by atoms with Crippen LogP contribution < -0.4 is 11.3 Å². The van der Waals surface area contributed by atoms with Gasteiger partial charge < -0.3 is 0 Å². The van der Waals surface area contributed by atoms with Crippen LogP contribution in [0.1, 0.15) is 17.2 Å². The van der Waals surface area contributed by atoms with Crippen LogP contribution in [0.25, 0.3) is 10.8 Å². The second kappa shape index (κ2) is 6.16. The molecule has 0 aliphatic carbocycles. The predicted molar refractivity (Wildman–Crippen MR) is 92.3 cm³/mol. The molecule has 0 saturated heterocycles. The summed E-state index contributed by atoms with van der Waals surface area (Å²) in [5.41, 5.74) is 4.91. The highest BCUT2D eigenvalue weighted by atomic mass is 79.9. The van der Waals surface area contributed by atoms with Crippen molar-refractivity contribution in [1.29, 1.82) is 0 Å². The molecule has 0 fully saturated rings. The van der Waals surface area contributed by atoms with Crippen LogP contribution in [-0.4, -0.2) is 0 Å². The Morgan fingerprint density at radius 2 is 1.67 bits per heavy atom. The molecule has 3 aromatic carbocycles. The quantitative estimate of drug-likeness (QED) is 0.519. The Morgan fingerprint density at radius 1 is 0.952 bits per heavy atom. The normalized spacial score (nSPS) is 12.5. The summed E-state index contributed by atoms with van der Waals surface area (Å²) in [7, 11) is 0. The van der Waals surface area contributed by atoms with Crippen LogP contribution in [0.15, 0.2) is 65.1 Å². The van der Waals surface area contributed by atoms with E-state index in [9.17, 15) is 0 Å². The molecule has 3 aromatic rings. The number of halogens is 2. The van der Waals surface area contributed by atoms with Gasteiger partial charge in [0.1, 0.15) is 0 Å². The van der Waals surface area contributed by atoms with E-state index < -0.39 is 0 Å². The van der Waals surface area contributed by atoms with Crippen molar-refractivity contribution >= 4 is 38.3 Å². The number of hydrazine groups is 1. The Labute approximate surface area is 137 Å². The molecule has 0 radical (unpaired) electrons. The van der Waals surface area contributed by atoms with E-state index in [2.05, 4.69) is 51.7 Å². The molecule has 1 unspecified atom stereocenters. The lowest BCUT2D eigenvalue weighted by Gasteiger charge is -2.18. The standard InChI is InChI=1S/C17H14BrClN2/c18-14-8-7-11-9-13(6-5-12(11)10-14)17(21-20)15-3-1-2-4-16(15)19/h1-10,17,21H,20H2. The average Bonchev–Trinajstić information content (AvgIpc) is 2.50. The topological polar surface area (TPSA) is 38.0 Å². The molecule has 21 heavy (non-hydrogen) atoms. The van der Waals surface area contributed by atoms with Crippen molar-refractivity contribution in [2.75, 3.05) is 0 Å². The van der Waals surface area contributed by atoms with E-state index in [4.69, 9.17) is 17.4 Å². The molecule has 2 nitrogen and oxygen atoms in total. The third-order valence-corrected chi connectivity index (χ3v) is 4.38. The molecule has 0 aliphatic rings. The van der Waals surface area contributed by atoms with Gasteiger partial charge in [0, 0.05) is 9.50 Å². The number of nitrogens with one attached hydrogen (secondary N) is 1. The Morgan fingerprint density at radius 3 is 2.43 bits per heavy atom. The smallest absolute Gasteiger partial charge is 0.0724 e. The van der Waals surface area contributed by atoms with Gasteiger partial charge in [0.2, 0.25) is 0 Å². The molecular formula is C17H14BrClN2. The van der Waals surface area contributed by atoms with Crippen LogP contribution in [0, 0.1) is 0 Å². The minimum absolute atomic E-state index is 0.133. The molecule has 0 bridgehead atoms. The molecule has 1 atom stereocenters. The predicted octanol–water partition coefficient (Wildman–Crippen LogP) is 4.81. The molecule has 106 valence electrons. The second-order valence-corrected chi connectivity index (χ2v) is 6.19. The second-order valence-electron chi connectivity index (χ2n) is 4.87. The lowest BCUT2D eigenvalue weighted by atomic mass is 9.97. The zero-order chi connectivity index (χ0) is 14.8. The van der Waals surface area contributed by atoms with Gasteiger partial charge in [0.15, 0.2) is 0 Å². The molecule has 3 rings (SSSR count). The van der Waals surface area contributed by atoms with Crippen LogP contribution in [-0.2, 0) is 0 Å². The van der Waals surface area contributed by atoms with Crippen LogP contribution in [0.2, 0.25) is 5.02 Å². The maximum Gasteiger partial charge on any atom is 0.0724 e. The fourth-order valence-electron chi connectivity index (χ4n) is 2.49. The summed E-state index contributed by atoms with van der Waals surface area (Å²) < 4.78 is 1.07. The van der Waals surface area contributed by atoms with Crippen LogP contribution in [0.3, 0.4) is 0 Å². The Balaban J connectivity index is 2.09. The molecule has 3 N–H and O–H groups in total. The van der Waals surface area contributed by atoms with Gasteiger partial charge in [-0.3, -0.25) is 5.84 Å². The third-order valence-electron chi connectivity index (χ3n) is 3.54. The number of hydrogen-bond acceptors (Lipinski definition) is 2. The van der Waals surface area contributed by atoms with Gasteiger partial charge in [-0.05, 0) is 46.2 Å². The van der Waals surface area contributed by atoms with Gasteiger partial charge in [0.25, 0.3) is 0 Å². The lowest BCUT2D eigenvalue weighted by Crippen LogP contribution is -2.29. The van der Waals surface area contributed by atoms with Crippen LogP contribution in [0.4, 0.5) is 0 Å². The maximum absolute atomic E-state index is 6.28. The molecule has 0 aliphatic heterocycles. The van der Waals surface area contributed by atoms with Crippen molar-refractivity contribution < 1.29 is 0 Å². The highest BCUT2D eigenvalue weighted by Gasteiger charge is 2.15. The maximum atomic E-state index is 6.28. The first-order chi connectivity index (χ1) is 10.2. The van der Waals surface area contributed by atoms with Crippen LogP contribution in [0.5, 0.6) is 0 Å². The minimum Gasteiger partial charge on any atom is -0.271 e. The molecule has 0 spiro atoms. The zero-order valence-corrected chi connectivity index (χ0v) is 13.5. The van der Waals surface area contributed by atoms with Gasteiger partial charge in [-0.15, -0.1) is 0 Å². The van der Waals surface area contributed by atoms with Gasteiger partial charge in [0.05, 0.1) is 6.04 Å². The van der Waals surface area contributed by atoms with E-state index in [1.165, 1.54) is 10.8 Å². The third kappa shape index (κ3) is 2.97. The summed E-state index contributed by atoms with van der Waals surface area (Å²) >= 11 is 9.77. The van der Waals surface area contributed by atoms with Crippen molar-refractivity contribution in [3.05, 3.63) is 81.3 Å². The first-order valence-electron chi connectivity index (χ1n) is 6.59. The number of benzene rings is 3. The van der Waals surface area contributed by atoms with E-state index in [1.807, 2.05) is 30.3 Å². The SMILES string of the molecule is NNC(c1ccc2cc(Br)ccc2c1)c1ccccc1Cl. The molecule has 0 saturated carbocycles. The highest BCUT2D eigenvalue weighted by molar-refractivity contribution is 9.10. The highest BCUT2D eigenvalue weighted by Crippen LogP contribution is 2.30. The van der Waals surface area contributed by atoms with Gasteiger partial charge >= 0.3 is 0 Å². The van der Waals surface area contributed by atoms with Crippen molar-refractivity contribution in [3.63, 3.8) is 0 Å². The zero-order valence-electron chi connectivity index (χ0n) is 11.2. The molecule has 0 heterocycles. The Bertz CT molecular complexity index is 789. The number of rotatable bonds is 3. The molecular weight excluding hydrogens is 348 g/mol. The largest absolute Gasteiger partial charge is 0.271 e. The Kier molecular flexibility index (Phi) is 4.27. The average molecular weight is 362 g/mol. The summed E-state index contributed by atoms with van der Waals surface area (Å²) in [4.78, 5) is 0. The van der Waals surface area contributed by atoms with Crippen molar-refractivity contribution in [1.82, 2.24) is 5.43 Å². The van der Waals surface area contributed by atoms with E-state index in [-0.39, 0.29) is 6.04 Å². The van der Waals surface area contributed by atoms with E-state index >= 15 is 0 Å². The van der Waals surface area contributed by atoms with Crippen molar-refractivity contribution in [2.45, 2.75) is 6.04 Å². The lowest BCUT2D eigenvalue weighted by molar-refractivity contribution is 0.638. The first-order valence-corrected chi connectivity index (χ1v) is 7.76. The number of fused-ring (bicyclic) bond motifs is 1. The minimum atomic E-state index is -0.133. The van der Waals surface area contributed by atoms with E-state index in [0.717, 1.165) is 15.6 Å². The van der Waals surface area contributed by atoms with E-state index in [0.29, 0.717) is 5.02 Å². The van der Waals surface area contributed by atoms with Gasteiger partial charge in [-0.2, -0.15) is 0 Å². The first kappa shape index (κ1) is 14.5. The van der Waals surface area contributed by atoms with Gasteiger partial charge in [-0.25, -0.2) is 5.43 Å². The summed E-state index contributed by atoms with van der Waals surface area (Å²) in [6.45, 7) is 0. The van der Waals surface area contributed by atoms with Crippen LogP contribution >= 0.6 is 27.5 Å². The summed E-state index contributed by atoms with van der Waals surface area (Å²) in [5.74, 6) is 5.76. The monoisotopic (exact) mass is 360 g/mol. The number of hydrogen-bond donors (Lipinski definition) is 2. The Hall–Kier alpha value is -1.39. The molecule has 0 aromatic heterocycles. The van der Waals surface area contributed by atoms with Crippen molar-refractivity contribution in [3.8, 4) is 0 Å². The summed E-state index contributed by atoms with van der Waals surface area (Å²) in [6.07, 6.45) is 0.